The zero-order valence-electron chi connectivity index (χ0n) is 10.7. The fraction of sp³-hybridized carbons (Fsp3) is 0.308. The number of hydrogen-bond donors (Lipinski definition) is 4. The van der Waals surface area contributed by atoms with Crippen LogP contribution in [0.4, 0.5) is 0 Å². The van der Waals surface area contributed by atoms with E-state index in [-0.39, 0.29) is 12.8 Å². The second kappa shape index (κ2) is 7.25. The average Bonchev–Trinajstić information content (AvgIpc) is 2.42. The van der Waals surface area contributed by atoms with Gasteiger partial charge in [-0.3, -0.25) is 14.4 Å². The third kappa shape index (κ3) is 4.69. The van der Waals surface area contributed by atoms with Crippen LogP contribution in [-0.4, -0.2) is 34.0 Å². The molecule has 0 saturated carbocycles. The molecule has 0 saturated heterocycles. The van der Waals surface area contributed by atoms with Gasteiger partial charge in [0, 0.05) is 6.42 Å². The van der Waals surface area contributed by atoms with Gasteiger partial charge < -0.3 is 21.3 Å². The Morgan fingerprint density at radius 2 is 1.80 bits per heavy atom. The summed E-state index contributed by atoms with van der Waals surface area (Å²) in [4.78, 5) is 33.4. The number of carbonyl (C=O) groups excluding carboxylic acids is 2. The van der Waals surface area contributed by atoms with Crippen molar-refractivity contribution in [2.24, 2.45) is 5.73 Å². The predicted octanol–water partition coefficient (Wildman–Crippen LogP) is -0.445. The standard InChI is InChI=1S/C13H16N2O5/c14-12(19)9(6-7-10(16)17)15-13(20)11(18)8-4-2-1-3-5-8/h1-5,9,11,18H,6-7H2,(H2,14,19)(H,15,20)(H,16,17)/t9-,11+/m1/s1. The van der Waals surface area contributed by atoms with Gasteiger partial charge >= 0.3 is 5.97 Å². The Balaban J connectivity index is 2.66. The van der Waals surface area contributed by atoms with E-state index in [1.165, 1.54) is 0 Å². The van der Waals surface area contributed by atoms with Crippen molar-refractivity contribution in [3.8, 4) is 0 Å². The molecule has 5 N–H and O–H groups in total. The van der Waals surface area contributed by atoms with Crippen molar-refractivity contribution in [2.75, 3.05) is 0 Å². The summed E-state index contributed by atoms with van der Waals surface area (Å²) in [5.74, 6) is -2.75. The first-order chi connectivity index (χ1) is 9.41. The minimum atomic E-state index is -1.44. The van der Waals surface area contributed by atoms with Gasteiger partial charge in [0.05, 0.1) is 0 Å². The Bertz CT molecular complexity index is 489. The largest absolute Gasteiger partial charge is 0.481 e. The van der Waals surface area contributed by atoms with Crippen molar-refractivity contribution in [2.45, 2.75) is 25.0 Å². The summed E-state index contributed by atoms with van der Waals surface area (Å²) in [7, 11) is 0. The normalized spacial score (nSPS) is 13.2. The van der Waals surface area contributed by atoms with Crippen LogP contribution in [0.3, 0.4) is 0 Å². The van der Waals surface area contributed by atoms with Gasteiger partial charge in [-0.05, 0) is 12.0 Å². The summed E-state index contributed by atoms with van der Waals surface area (Å²) in [5.41, 5.74) is 5.45. The summed E-state index contributed by atoms with van der Waals surface area (Å²) in [6.07, 6.45) is -1.88. The fourth-order valence-corrected chi connectivity index (χ4v) is 1.59. The highest BCUT2D eigenvalue weighted by molar-refractivity contribution is 5.89. The van der Waals surface area contributed by atoms with Gasteiger partial charge in [0.25, 0.3) is 5.91 Å². The number of nitrogens with one attached hydrogen (secondary N) is 1. The summed E-state index contributed by atoms with van der Waals surface area (Å²) in [6.45, 7) is 0. The van der Waals surface area contributed by atoms with Crippen molar-refractivity contribution in [3.05, 3.63) is 35.9 Å². The second-order valence-corrected chi connectivity index (χ2v) is 4.21. The Kier molecular flexibility index (Phi) is 5.67. The van der Waals surface area contributed by atoms with E-state index >= 15 is 0 Å². The number of primary amides is 1. The van der Waals surface area contributed by atoms with Crippen molar-refractivity contribution < 1.29 is 24.6 Å². The number of aliphatic hydroxyl groups is 1. The topological polar surface area (TPSA) is 130 Å². The fourth-order valence-electron chi connectivity index (χ4n) is 1.59. The van der Waals surface area contributed by atoms with Gasteiger partial charge in [0.2, 0.25) is 5.91 Å². The molecule has 0 aliphatic rings. The minimum absolute atomic E-state index is 0.127. The van der Waals surface area contributed by atoms with Gasteiger partial charge in [0.15, 0.2) is 6.10 Å². The molecule has 0 heterocycles. The molecule has 7 nitrogen and oxygen atoms in total. The molecule has 0 unspecified atom stereocenters. The highest BCUT2D eigenvalue weighted by atomic mass is 16.4. The molecule has 0 aliphatic carbocycles. The zero-order chi connectivity index (χ0) is 15.1. The van der Waals surface area contributed by atoms with Crippen LogP contribution in [0.1, 0.15) is 24.5 Å². The van der Waals surface area contributed by atoms with Gasteiger partial charge in [-0.2, -0.15) is 0 Å². The highest BCUT2D eigenvalue weighted by Gasteiger charge is 2.24. The number of aliphatic hydroxyl groups excluding tert-OH is 1. The molecule has 7 heteroatoms. The summed E-state index contributed by atoms with van der Waals surface area (Å²) in [5, 5.41) is 20.6. The number of carboxylic acids is 1. The Morgan fingerprint density at radius 3 is 2.30 bits per heavy atom. The number of benzene rings is 1. The first-order valence-electron chi connectivity index (χ1n) is 5.96. The Hall–Kier alpha value is -2.41. The van der Waals surface area contributed by atoms with E-state index in [0.29, 0.717) is 5.56 Å². The Morgan fingerprint density at radius 1 is 1.20 bits per heavy atom. The minimum Gasteiger partial charge on any atom is -0.481 e. The lowest BCUT2D eigenvalue weighted by molar-refractivity contribution is -0.138. The maximum atomic E-state index is 11.8. The van der Waals surface area contributed by atoms with Gasteiger partial charge in [-0.25, -0.2) is 0 Å². The van der Waals surface area contributed by atoms with E-state index < -0.39 is 29.9 Å². The van der Waals surface area contributed by atoms with Crippen LogP contribution in [0.2, 0.25) is 0 Å². The third-order valence-electron chi connectivity index (χ3n) is 2.67. The molecule has 2 amide bonds. The zero-order valence-corrected chi connectivity index (χ0v) is 10.7. The van der Waals surface area contributed by atoms with Gasteiger partial charge in [-0.15, -0.1) is 0 Å². The van der Waals surface area contributed by atoms with E-state index in [9.17, 15) is 19.5 Å². The van der Waals surface area contributed by atoms with Gasteiger partial charge in [-0.1, -0.05) is 30.3 Å². The van der Waals surface area contributed by atoms with E-state index in [1.807, 2.05) is 0 Å². The van der Waals surface area contributed by atoms with Crippen molar-refractivity contribution in [3.63, 3.8) is 0 Å². The first-order valence-corrected chi connectivity index (χ1v) is 5.96. The maximum absolute atomic E-state index is 11.8. The van der Waals surface area contributed by atoms with E-state index in [1.54, 1.807) is 30.3 Å². The molecular formula is C13H16N2O5. The van der Waals surface area contributed by atoms with Crippen LogP contribution in [0.5, 0.6) is 0 Å². The quantitative estimate of drug-likeness (QED) is 0.537. The highest BCUT2D eigenvalue weighted by Crippen LogP contribution is 2.12. The first kappa shape index (κ1) is 15.6. The molecular weight excluding hydrogens is 264 g/mol. The average molecular weight is 280 g/mol. The molecule has 0 bridgehead atoms. The van der Waals surface area contributed by atoms with Gasteiger partial charge in [0.1, 0.15) is 6.04 Å². The van der Waals surface area contributed by atoms with E-state index in [2.05, 4.69) is 5.32 Å². The second-order valence-electron chi connectivity index (χ2n) is 4.21. The number of aliphatic carboxylic acids is 1. The number of hydrogen-bond acceptors (Lipinski definition) is 4. The maximum Gasteiger partial charge on any atom is 0.303 e. The van der Waals surface area contributed by atoms with E-state index in [0.717, 1.165) is 0 Å². The number of amides is 2. The molecule has 0 radical (unpaired) electrons. The number of nitrogens with two attached hydrogens (primary N) is 1. The van der Waals surface area contributed by atoms with Crippen LogP contribution in [0.25, 0.3) is 0 Å². The van der Waals surface area contributed by atoms with Crippen molar-refractivity contribution in [1.82, 2.24) is 5.32 Å². The van der Waals surface area contributed by atoms with Crippen molar-refractivity contribution in [1.29, 1.82) is 0 Å². The molecule has 108 valence electrons. The summed E-state index contributed by atoms with van der Waals surface area (Å²) < 4.78 is 0. The molecule has 2 atom stereocenters. The monoisotopic (exact) mass is 280 g/mol. The Labute approximate surface area is 115 Å². The molecule has 1 aromatic rings. The van der Waals surface area contributed by atoms with Crippen LogP contribution in [0, 0.1) is 0 Å². The molecule has 1 aromatic carbocycles. The number of carbonyl (C=O) groups is 3. The lowest BCUT2D eigenvalue weighted by atomic mass is 10.1. The van der Waals surface area contributed by atoms with Crippen molar-refractivity contribution >= 4 is 17.8 Å². The molecule has 20 heavy (non-hydrogen) atoms. The van der Waals surface area contributed by atoms with Crippen LogP contribution >= 0.6 is 0 Å². The van der Waals surface area contributed by atoms with Crippen LogP contribution in [-0.2, 0) is 14.4 Å². The third-order valence-corrected chi connectivity index (χ3v) is 2.67. The lowest BCUT2D eigenvalue weighted by Crippen LogP contribution is -2.46. The molecule has 0 fully saturated rings. The SMILES string of the molecule is NC(=O)[C@@H](CCC(=O)O)NC(=O)[C@@H](O)c1ccccc1. The molecule has 1 rings (SSSR count). The summed E-state index contributed by atoms with van der Waals surface area (Å²) >= 11 is 0. The number of carboxylic acid groups (broad SMARTS) is 1. The smallest absolute Gasteiger partial charge is 0.303 e. The predicted molar refractivity (Wildman–Crippen MR) is 69.4 cm³/mol. The van der Waals surface area contributed by atoms with Crippen LogP contribution in [0.15, 0.2) is 30.3 Å². The van der Waals surface area contributed by atoms with Crippen LogP contribution < -0.4 is 11.1 Å². The summed E-state index contributed by atoms with van der Waals surface area (Å²) in [6, 6.07) is 7.02. The lowest BCUT2D eigenvalue weighted by Gasteiger charge is -2.17. The number of rotatable bonds is 7. The molecule has 0 aliphatic heterocycles. The van der Waals surface area contributed by atoms with E-state index in [4.69, 9.17) is 10.8 Å². The molecule has 0 aromatic heterocycles. The molecule has 0 spiro atoms.